The molecule has 0 atom stereocenters. The Kier molecular flexibility index (Phi) is 4.95. The summed E-state index contributed by atoms with van der Waals surface area (Å²) >= 11 is 0. The van der Waals surface area contributed by atoms with Gasteiger partial charge in [0.15, 0.2) is 17.1 Å². The first-order chi connectivity index (χ1) is 17.2. The fourth-order valence-electron chi connectivity index (χ4n) is 3.93. The highest BCUT2D eigenvalue weighted by atomic mass is 19.1. The van der Waals surface area contributed by atoms with E-state index in [9.17, 15) is 4.79 Å². The summed E-state index contributed by atoms with van der Waals surface area (Å²) in [6.07, 6.45) is 6.29. The number of fused-ring (bicyclic) bond motifs is 2. The van der Waals surface area contributed by atoms with Crippen LogP contribution < -0.4 is 5.32 Å². The number of carbonyl (C=O) groups excluding carboxylic acids is 1. The predicted octanol–water partition coefficient (Wildman–Crippen LogP) is 4.28. The maximum Gasteiger partial charge on any atom is 0.228 e. The highest BCUT2D eigenvalue weighted by Crippen LogP contribution is 2.33. The maximum atomic E-state index is 15.8. The Bertz CT molecular complexity index is 1660. The van der Waals surface area contributed by atoms with Gasteiger partial charge in [-0.15, -0.1) is 0 Å². The molecule has 35 heavy (non-hydrogen) atoms. The summed E-state index contributed by atoms with van der Waals surface area (Å²) in [6.45, 7) is 0. The van der Waals surface area contributed by atoms with Gasteiger partial charge in [0.25, 0.3) is 0 Å². The third kappa shape index (κ3) is 3.86. The average Bonchev–Trinajstić information content (AvgIpc) is 3.49. The average molecular weight is 464 g/mol. The molecule has 0 saturated carbocycles. The fraction of sp³-hybridized carbons (Fsp3) is 0.0400. The van der Waals surface area contributed by atoms with Crippen molar-refractivity contribution >= 4 is 33.8 Å². The molecule has 10 heteroatoms. The molecular formula is C25H17FN8O. The van der Waals surface area contributed by atoms with Gasteiger partial charge in [0, 0.05) is 29.7 Å². The number of imidazole rings is 1. The molecule has 0 fully saturated rings. The Morgan fingerprint density at radius 1 is 1.00 bits per heavy atom. The molecule has 3 N–H and O–H groups in total. The van der Waals surface area contributed by atoms with Gasteiger partial charge in [-0.25, -0.2) is 19.3 Å². The van der Waals surface area contributed by atoms with Crippen LogP contribution in [0.15, 0.2) is 73.3 Å². The Hall–Kier alpha value is -4.99. The maximum absolute atomic E-state index is 15.8. The van der Waals surface area contributed by atoms with E-state index in [2.05, 4.69) is 40.4 Å². The van der Waals surface area contributed by atoms with Crippen molar-refractivity contribution in [2.75, 3.05) is 5.32 Å². The quantitative estimate of drug-likeness (QED) is 0.350. The van der Waals surface area contributed by atoms with Crippen LogP contribution in [0.2, 0.25) is 0 Å². The Labute approximate surface area is 197 Å². The number of hydrogen-bond donors (Lipinski definition) is 3. The van der Waals surface area contributed by atoms with E-state index in [1.165, 1.54) is 18.6 Å². The minimum atomic E-state index is -0.526. The van der Waals surface area contributed by atoms with Crippen LogP contribution in [-0.2, 0) is 11.2 Å². The summed E-state index contributed by atoms with van der Waals surface area (Å²) in [7, 11) is 0. The topological polar surface area (TPSA) is 125 Å². The van der Waals surface area contributed by atoms with Gasteiger partial charge in [0.05, 0.1) is 29.2 Å². The van der Waals surface area contributed by atoms with Crippen LogP contribution in [0.4, 0.5) is 10.1 Å². The predicted molar refractivity (Wildman–Crippen MR) is 129 cm³/mol. The van der Waals surface area contributed by atoms with E-state index in [0.717, 1.165) is 11.1 Å². The molecule has 6 aromatic rings. The number of rotatable bonds is 5. The van der Waals surface area contributed by atoms with E-state index < -0.39 is 5.82 Å². The summed E-state index contributed by atoms with van der Waals surface area (Å²) in [5.41, 5.74) is 3.85. The Balaban J connectivity index is 1.34. The molecule has 5 heterocycles. The van der Waals surface area contributed by atoms with Crippen LogP contribution in [0, 0.1) is 5.82 Å². The number of aromatic amines is 2. The largest absolute Gasteiger partial charge is 0.335 e. The number of carbonyl (C=O) groups is 1. The van der Waals surface area contributed by atoms with Crippen molar-refractivity contribution < 1.29 is 9.18 Å². The SMILES string of the molecule is O=C(Cc1ccccc1)Nc1cncc(-c2cnc3n[nH]c(-c4nc5ncccc5[nH]4)c3c2F)c1. The van der Waals surface area contributed by atoms with Gasteiger partial charge in [0.2, 0.25) is 5.91 Å². The number of anilines is 1. The summed E-state index contributed by atoms with van der Waals surface area (Å²) < 4.78 is 15.8. The standard InChI is InChI=1S/C25H17FN8O/c26-21-17(15-10-16(12-27-11-15)30-19(35)9-14-5-2-1-3-6-14)13-29-24-20(21)22(33-34-24)25-31-18-7-4-8-28-23(18)32-25/h1-8,10-13H,9H2,(H,30,35)(H,28,31,32)(H,29,33,34). The minimum Gasteiger partial charge on any atom is -0.335 e. The lowest BCUT2D eigenvalue weighted by atomic mass is 10.1. The molecule has 1 amide bonds. The number of pyridine rings is 3. The molecule has 5 aromatic heterocycles. The second-order valence-corrected chi connectivity index (χ2v) is 7.92. The van der Waals surface area contributed by atoms with Crippen molar-refractivity contribution in [2.24, 2.45) is 0 Å². The van der Waals surface area contributed by atoms with E-state index in [0.29, 0.717) is 28.4 Å². The third-order valence-electron chi connectivity index (χ3n) is 5.55. The lowest BCUT2D eigenvalue weighted by Crippen LogP contribution is -2.14. The molecular weight excluding hydrogens is 447 g/mol. The lowest BCUT2D eigenvalue weighted by molar-refractivity contribution is -0.115. The molecule has 0 aliphatic heterocycles. The summed E-state index contributed by atoms with van der Waals surface area (Å²) in [4.78, 5) is 32.7. The van der Waals surface area contributed by atoms with E-state index in [4.69, 9.17) is 0 Å². The van der Waals surface area contributed by atoms with Crippen LogP contribution in [0.1, 0.15) is 5.56 Å². The first kappa shape index (κ1) is 20.6. The number of benzene rings is 1. The van der Waals surface area contributed by atoms with E-state index >= 15 is 4.39 Å². The molecule has 0 aliphatic rings. The highest BCUT2D eigenvalue weighted by Gasteiger charge is 2.20. The van der Waals surface area contributed by atoms with Gasteiger partial charge in [-0.1, -0.05) is 30.3 Å². The zero-order chi connectivity index (χ0) is 23.8. The molecule has 6 rings (SSSR count). The monoisotopic (exact) mass is 464 g/mol. The van der Waals surface area contributed by atoms with Crippen LogP contribution in [0.25, 0.3) is 44.8 Å². The highest BCUT2D eigenvalue weighted by molar-refractivity contribution is 5.95. The third-order valence-corrected chi connectivity index (χ3v) is 5.55. The second kappa shape index (κ2) is 8.41. The van der Waals surface area contributed by atoms with Gasteiger partial charge in [0.1, 0.15) is 11.5 Å². The van der Waals surface area contributed by atoms with Crippen molar-refractivity contribution in [1.82, 2.24) is 35.1 Å². The van der Waals surface area contributed by atoms with Gasteiger partial charge in [-0.2, -0.15) is 5.10 Å². The number of aromatic nitrogens is 7. The van der Waals surface area contributed by atoms with E-state index in [-0.39, 0.29) is 28.9 Å². The normalized spacial score (nSPS) is 11.2. The minimum absolute atomic E-state index is 0.195. The molecule has 170 valence electrons. The zero-order valence-corrected chi connectivity index (χ0v) is 18.2. The van der Waals surface area contributed by atoms with E-state index in [1.807, 2.05) is 36.4 Å². The molecule has 9 nitrogen and oxygen atoms in total. The van der Waals surface area contributed by atoms with Crippen molar-refractivity contribution in [3.63, 3.8) is 0 Å². The number of halogens is 1. The van der Waals surface area contributed by atoms with Gasteiger partial charge < -0.3 is 10.3 Å². The Morgan fingerprint density at radius 2 is 1.89 bits per heavy atom. The first-order valence-electron chi connectivity index (χ1n) is 10.8. The molecule has 0 unspecified atom stereocenters. The summed E-state index contributed by atoms with van der Waals surface area (Å²) in [5, 5.41) is 9.97. The van der Waals surface area contributed by atoms with Crippen LogP contribution >= 0.6 is 0 Å². The Morgan fingerprint density at radius 3 is 2.74 bits per heavy atom. The van der Waals surface area contributed by atoms with Gasteiger partial charge >= 0.3 is 0 Å². The molecule has 0 bridgehead atoms. The van der Waals surface area contributed by atoms with Crippen molar-refractivity contribution in [1.29, 1.82) is 0 Å². The fourth-order valence-corrected chi connectivity index (χ4v) is 3.93. The van der Waals surface area contributed by atoms with Crippen LogP contribution in [-0.4, -0.2) is 41.0 Å². The zero-order valence-electron chi connectivity index (χ0n) is 18.2. The summed E-state index contributed by atoms with van der Waals surface area (Å²) in [6, 6.07) is 14.7. The smallest absolute Gasteiger partial charge is 0.228 e. The number of nitrogens with zero attached hydrogens (tertiary/aromatic N) is 5. The van der Waals surface area contributed by atoms with Crippen molar-refractivity contribution in [3.05, 3.63) is 84.7 Å². The van der Waals surface area contributed by atoms with Crippen molar-refractivity contribution in [2.45, 2.75) is 6.42 Å². The van der Waals surface area contributed by atoms with Crippen molar-refractivity contribution in [3.8, 4) is 22.6 Å². The molecule has 0 aliphatic carbocycles. The molecule has 1 aromatic carbocycles. The molecule has 0 radical (unpaired) electrons. The number of H-pyrrole nitrogens is 2. The van der Waals surface area contributed by atoms with E-state index in [1.54, 1.807) is 18.3 Å². The first-order valence-corrected chi connectivity index (χ1v) is 10.8. The molecule has 0 spiro atoms. The van der Waals surface area contributed by atoms with Crippen LogP contribution in [0.3, 0.4) is 0 Å². The number of hydrogen-bond acceptors (Lipinski definition) is 6. The lowest BCUT2D eigenvalue weighted by Gasteiger charge is -2.08. The van der Waals surface area contributed by atoms with Gasteiger partial charge in [-0.3, -0.25) is 14.9 Å². The summed E-state index contributed by atoms with van der Waals surface area (Å²) in [5.74, 6) is -0.319. The van der Waals surface area contributed by atoms with Crippen LogP contribution in [0.5, 0.6) is 0 Å². The molecule has 0 saturated heterocycles. The van der Waals surface area contributed by atoms with Gasteiger partial charge in [-0.05, 0) is 23.8 Å². The number of nitrogens with one attached hydrogen (secondary N) is 3. The second-order valence-electron chi connectivity index (χ2n) is 7.92. The number of amides is 1.